The first-order valence-electron chi connectivity index (χ1n) is 6.55. The fraction of sp³-hybridized carbons (Fsp3) is 0.375. The third-order valence-electron chi connectivity index (χ3n) is 3.33. The zero-order valence-corrected chi connectivity index (χ0v) is 12.8. The van der Waals surface area contributed by atoms with Crippen molar-refractivity contribution < 1.29 is 0 Å². The van der Waals surface area contributed by atoms with Crippen LogP contribution in [0.2, 0.25) is 0 Å². The molecule has 2 aromatic rings. The van der Waals surface area contributed by atoms with E-state index in [9.17, 15) is 0 Å². The van der Waals surface area contributed by atoms with Crippen LogP contribution in [0.1, 0.15) is 32.4 Å². The first kappa shape index (κ1) is 13.6. The Morgan fingerprint density at radius 3 is 2.33 bits per heavy atom. The topological polar surface area (TPSA) is 12.0 Å². The Labute approximate surface area is 118 Å². The smallest absolute Gasteiger partial charge is 0.0349 e. The highest BCUT2D eigenvalue weighted by molar-refractivity contribution is 9.10. The fourth-order valence-electron chi connectivity index (χ4n) is 2.48. The van der Waals surface area contributed by atoms with Gasteiger partial charge in [0.15, 0.2) is 0 Å². The molecule has 0 aliphatic rings. The fourth-order valence-corrected chi connectivity index (χ4v) is 2.96. The maximum Gasteiger partial charge on any atom is 0.0349 e. The highest BCUT2D eigenvalue weighted by Crippen LogP contribution is 2.32. The number of halogens is 1. The standard InChI is InChI=1S/C16H20BrN/c1-4-18-16(11(2)3)14-9-10-15(17)13-8-6-5-7-12(13)14/h5-11,16,18H,4H2,1-3H3. The van der Waals surface area contributed by atoms with E-state index in [2.05, 4.69) is 78.4 Å². The van der Waals surface area contributed by atoms with Gasteiger partial charge in [0.25, 0.3) is 0 Å². The third kappa shape index (κ3) is 2.60. The normalized spacial score (nSPS) is 13.2. The largest absolute Gasteiger partial charge is 0.310 e. The number of hydrogen-bond donors (Lipinski definition) is 1. The van der Waals surface area contributed by atoms with Gasteiger partial charge in [-0.2, -0.15) is 0 Å². The van der Waals surface area contributed by atoms with Crippen LogP contribution >= 0.6 is 15.9 Å². The number of rotatable bonds is 4. The molecule has 0 aromatic heterocycles. The Balaban J connectivity index is 2.59. The van der Waals surface area contributed by atoms with Crippen LogP contribution in [0.25, 0.3) is 10.8 Å². The van der Waals surface area contributed by atoms with Crippen molar-refractivity contribution in [1.29, 1.82) is 0 Å². The maximum absolute atomic E-state index is 3.64. The van der Waals surface area contributed by atoms with Crippen molar-refractivity contribution in [2.75, 3.05) is 6.54 Å². The summed E-state index contributed by atoms with van der Waals surface area (Å²) in [6, 6.07) is 13.4. The van der Waals surface area contributed by atoms with Gasteiger partial charge in [0, 0.05) is 10.5 Å². The van der Waals surface area contributed by atoms with E-state index in [1.807, 2.05) is 0 Å². The average Bonchev–Trinajstić information content (AvgIpc) is 2.37. The molecule has 1 atom stereocenters. The summed E-state index contributed by atoms with van der Waals surface area (Å²) in [5.74, 6) is 0.578. The highest BCUT2D eigenvalue weighted by atomic mass is 79.9. The summed E-state index contributed by atoms with van der Waals surface area (Å²) in [4.78, 5) is 0. The molecule has 2 aromatic carbocycles. The van der Waals surface area contributed by atoms with Crippen molar-refractivity contribution in [3.05, 3.63) is 46.4 Å². The molecule has 2 heteroatoms. The summed E-state index contributed by atoms with van der Waals surface area (Å²) in [7, 11) is 0. The van der Waals surface area contributed by atoms with E-state index in [-0.39, 0.29) is 0 Å². The van der Waals surface area contributed by atoms with Crippen LogP contribution in [0.5, 0.6) is 0 Å². The molecule has 1 nitrogen and oxygen atoms in total. The summed E-state index contributed by atoms with van der Waals surface area (Å²) in [5, 5.41) is 6.22. The van der Waals surface area contributed by atoms with Crippen LogP contribution in [0.3, 0.4) is 0 Å². The van der Waals surface area contributed by atoms with E-state index in [1.54, 1.807) is 0 Å². The second-order valence-electron chi connectivity index (χ2n) is 4.96. The van der Waals surface area contributed by atoms with Gasteiger partial charge < -0.3 is 5.32 Å². The second-order valence-corrected chi connectivity index (χ2v) is 5.82. The van der Waals surface area contributed by atoms with Gasteiger partial charge in [0.1, 0.15) is 0 Å². The van der Waals surface area contributed by atoms with E-state index < -0.39 is 0 Å². The van der Waals surface area contributed by atoms with Gasteiger partial charge in [0.2, 0.25) is 0 Å². The third-order valence-corrected chi connectivity index (χ3v) is 4.02. The lowest BCUT2D eigenvalue weighted by Gasteiger charge is -2.24. The Bertz CT molecular complexity index is 534. The van der Waals surface area contributed by atoms with Gasteiger partial charge in [-0.1, -0.05) is 67.0 Å². The van der Waals surface area contributed by atoms with Gasteiger partial charge >= 0.3 is 0 Å². The number of hydrogen-bond acceptors (Lipinski definition) is 1. The molecule has 18 heavy (non-hydrogen) atoms. The Hall–Kier alpha value is -0.860. The minimum Gasteiger partial charge on any atom is -0.310 e. The average molecular weight is 306 g/mol. The molecule has 1 N–H and O–H groups in total. The molecule has 2 rings (SSSR count). The first-order chi connectivity index (χ1) is 8.65. The molecular weight excluding hydrogens is 286 g/mol. The van der Waals surface area contributed by atoms with Crippen molar-refractivity contribution in [1.82, 2.24) is 5.32 Å². The van der Waals surface area contributed by atoms with Crippen LogP contribution in [0.15, 0.2) is 40.9 Å². The van der Waals surface area contributed by atoms with Crippen molar-refractivity contribution in [3.8, 4) is 0 Å². The number of nitrogens with one attached hydrogen (secondary N) is 1. The highest BCUT2D eigenvalue weighted by Gasteiger charge is 2.17. The summed E-state index contributed by atoms with van der Waals surface area (Å²) in [5.41, 5.74) is 1.39. The Morgan fingerprint density at radius 2 is 1.72 bits per heavy atom. The van der Waals surface area contributed by atoms with Gasteiger partial charge in [0.05, 0.1) is 0 Å². The summed E-state index contributed by atoms with van der Waals surface area (Å²) < 4.78 is 1.17. The Kier molecular flexibility index (Phi) is 4.41. The molecule has 0 heterocycles. The lowest BCUT2D eigenvalue weighted by Crippen LogP contribution is -2.25. The molecule has 0 aliphatic carbocycles. The minimum atomic E-state index is 0.410. The van der Waals surface area contributed by atoms with Crippen molar-refractivity contribution in [2.45, 2.75) is 26.8 Å². The molecule has 0 aliphatic heterocycles. The number of benzene rings is 2. The van der Waals surface area contributed by atoms with E-state index >= 15 is 0 Å². The molecule has 1 unspecified atom stereocenters. The zero-order chi connectivity index (χ0) is 13.1. The van der Waals surface area contributed by atoms with E-state index in [0.29, 0.717) is 12.0 Å². The van der Waals surface area contributed by atoms with Gasteiger partial charge in [-0.25, -0.2) is 0 Å². The molecular formula is C16H20BrN. The monoisotopic (exact) mass is 305 g/mol. The van der Waals surface area contributed by atoms with Crippen LogP contribution in [0, 0.1) is 5.92 Å². The molecule has 0 bridgehead atoms. The lowest BCUT2D eigenvalue weighted by atomic mass is 9.91. The molecule has 0 saturated heterocycles. The van der Waals surface area contributed by atoms with E-state index in [1.165, 1.54) is 20.8 Å². The van der Waals surface area contributed by atoms with Crippen LogP contribution in [-0.2, 0) is 0 Å². The van der Waals surface area contributed by atoms with Crippen molar-refractivity contribution >= 4 is 26.7 Å². The molecule has 0 radical (unpaired) electrons. The zero-order valence-electron chi connectivity index (χ0n) is 11.2. The summed E-state index contributed by atoms with van der Waals surface area (Å²) in [6.07, 6.45) is 0. The molecule has 0 fully saturated rings. The quantitative estimate of drug-likeness (QED) is 0.846. The van der Waals surface area contributed by atoms with Crippen molar-refractivity contribution in [3.63, 3.8) is 0 Å². The van der Waals surface area contributed by atoms with Crippen LogP contribution < -0.4 is 5.32 Å². The Morgan fingerprint density at radius 1 is 1.06 bits per heavy atom. The molecule has 0 amide bonds. The molecule has 96 valence electrons. The molecule has 0 spiro atoms. The predicted molar refractivity (Wildman–Crippen MR) is 82.9 cm³/mol. The minimum absolute atomic E-state index is 0.410. The van der Waals surface area contributed by atoms with Gasteiger partial charge in [-0.3, -0.25) is 0 Å². The molecule has 0 saturated carbocycles. The maximum atomic E-state index is 3.64. The van der Waals surface area contributed by atoms with Crippen LogP contribution in [0.4, 0.5) is 0 Å². The lowest BCUT2D eigenvalue weighted by molar-refractivity contribution is 0.424. The van der Waals surface area contributed by atoms with E-state index in [4.69, 9.17) is 0 Å². The SMILES string of the molecule is CCNC(c1ccc(Br)c2ccccc12)C(C)C. The summed E-state index contributed by atoms with van der Waals surface area (Å²) in [6.45, 7) is 7.69. The summed E-state index contributed by atoms with van der Waals surface area (Å²) >= 11 is 3.64. The second kappa shape index (κ2) is 5.85. The predicted octanol–water partition coefficient (Wildman–Crippen LogP) is 4.91. The van der Waals surface area contributed by atoms with Crippen LogP contribution in [-0.4, -0.2) is 6.54 Å². The van der Waals surface area contributed by atoms with Gasteiger partial charge in [-0.05, 0) is 34.9 Å². The first-order valence-corrected chi connectivity index (χ1v) is 7.35. The van der Waals surface area contributed by atoms with Crippen molar-refractivity contribution in [2.24, 2.45) is 5.92 Å². The van der Waals surface area contributed by atoms with E-state index in [0.717, 1.165) is 6.54 Å². The number of fused-ring (bicyclic) bond motifs is 1. The van der Waals surface area contributed by atoms with Gasteiger partial charge in [-0.15, -0.1) is 0 Å².